The van der Waals surface area contributed by atoms with Gasteiger partial charge in [-0.05, 0) is 12.6 Å². The zero-order valence-electron chi connectivity index (χ0n) is 16.1. The van der Waals surface area contributed by atoms with Crippen molar-refractivity contribution in [1.82, 2.24) is 14.8 Å². The molecule has 4 rings (SSSR count). The molecular formula is C23H25N3O2. The number of likely N-dealkylation sites (N-methyl/N-ethyl adjacent to an activating group) is 1. The SMILES string of the molecule is CCN1CCN(Cc2c(-c3ccccc3)nc3ccccc3c2C(=O)O)CC1. The Labute approximate surface area is 165 Å². The molecular weight excluding hydrogens is 350 g/mol. The number of hydrogen-bond acceptors (Lipinski definition) is 4. The average Bonchev–Trinajstić information content (AvgIpc) is 2.74. The zero-order chi connectivity index (χ0) is 19.5. The molecule has 144 valence electrons. The summed E-state index contributed by atoms with van der Waals surface area (Å²) in [5, 5.41) is 10.8. The molecule has 1 aliphatic rings. The van der Waals surface area contributed by atoms with Gasteiger partial charge >= 0.3 is 5.97 Å². The molecule has 0 saturated carbocycles. The molecule has 0 spiro atoms. The Morgan fingerprint density at radius 1 is 0.964 bits per heavy atom. The van der Waals surface area contributed by atoms with Crippen molar-refractivity contribution < 1.29 is 9.90 Å². The van der Waals surface area contributed by atoms with E-state index in [1.807, 2.05) is 54.6 Å². The molecule has 0 radical (unpaired) electrons. The second-order valence-corrected chi connectivity index (χ2v) is 7.21. The third-order valence-electron chi connectivity index (χ3n) is 5.55. The third-order valence-corrected chi connectivity index (χ3v) is 5.55. The molecule has 0 aliphatic carbocycles. The molecule has 0 amide bonds. The fraction of sp³-hybridized carbons (Fsp3) is 0.304. The molecule has 0 atom stereocenters. The van der Waals surface area contributed by atoms with Crippen molar-refractivity contribution in [2.45, 2.75) is 13.5 Å². The summed E-state index contributed by atoms with van der Waals surface area (Å²) in [6.07, 6.45) is 0. The minimum atomic E-state index is -0.891. The summed E-state index contributed by atoms with van der Waals surface area (Å²) in [4.78, 5) is 22.0. The van der Waals surface area contributed by atoms with Crippen LogP contribution in [0.25, 0.3) is 22.2 Å². The van der Waals surface area contributed by atoms with Gasteiger partial charge in [0, 0.05) is 49.2 Å². The molecule has 1 aromatic heterocycles. The third kappa shape index (κ3) is 3.63. The second-order valence-electron chi connectivity index (χ2n) is 7.21. The Kier molecular flexibility index (Phi) is 5.37. The molecule has 5 nitrogen and oxygen atoms in total. The number of carboxylic acids is 1. The number of nitrogens with zero attached hydrogens (tertiary/aromatic N) is 3. The van der Waals surface area contributed by atoms with Crippen molar-refractivity contribution in [3.63, 3.8) is 0 Å². The summed E-state index contributed by atoms with van der Waals surface area (Å²) in [5.74, 6) is -0.891. The van der Waals surface area contributed by atoms with Gasteiger partial charge in [0.2, 0.25) is 0 Å². The number of hydrogen-bond donors (Lipinski definition) is 1. The molecule has 3 aromatic rings. The number of aromatic nitrogens is 1. The maximum absolute atomic E-state index is 12.3. The number of fused-ring (bicyclic) bond motifs is 1. The van der Waals surface area contributed by atoms with Gasteiger partial charge in [0.15, 0.2) is 0 Å². The van der Waals surface area contributed by atoms with Crippen LogP contribution in [0.3, 0.4) is 0 Å². The first-order chi connectivity index (χ1) is 13.7. The van der Waals surface area contributed by atoms with E-state index in [-0.39, 0.29) is 0 Å². The van der Waals surface area contributed by atoms with Crippen LogP contribution in [0.2, 0.25) is 0 Å². The maximum Gasteiger partial charge on any atom is 0.336 e. The molecule has 1 fully saturated rings. The lowest BCUT2D eigenvalue weighted by Gasteiger charge is -2.34. The lowest BCUT2D eigenvalue weighted by molar-refractivity contribution is 0.0695. The Hall–Kier alpha value is -2.76. The summed E-state index contributed by atoms with van der Waals surface area (Å²) < 4.78 is 0. The molecule has 2 heterocycles. The van der Waals surface area contributed by atoms with E-state index < -0.39 is 5.97 Å². The van der Waals surface area contributed by atoms with Crippen LogP contribution in [0.1, 0.15) is 22.8 Å². The Bertz CT molecular complexity index is 980. The van der Waals surface area contributed by atoms with E-state index in [0.717, 1.165) is 55.1 Å². The van der Waals surface area contributed by atoms with Crippen molar-refractivity contribution in [2.24, 2.45) is 0 Å². The summed E-state index contributed by atoms with van der Waals surface area (Å²) in [6.45, 7) is 7.74. The van der Waals surface area contributed by atoms with Crippen molar-refractivity contribution in [3.05, 3.63) is 65.7 Å². The van der Waals surface area contributed by atoms with E-state index in [4.69, 9.17) is 4.98 Å². The number of carbonyl (C=O) groups is 1. The first kappa shape index (κ1) is 18.6. The van der Waals surface area contributed by atoms with Gasteiger partial charge in [0.05, 0.1) is 16.8 Å². The van der Waals surface area contributed by atoms with Crippen LogP contribution in [0, 0.1) is 0 Å². The molecule has 0 bridgehead atoms. The van der Waals surface area contributed by atoms with Gasteiger partial charge in [-0.15, -0.1) is 0 Å². The standard InChI is InChI=1S/C23H25N3O2/c1-2-25-12-14-26(15-13-25)16-19-21(23(27)28)18-10-6-7-11-20(18)24-22(19)17-8-4-3-5-9-17/h3-11H,2,12-16H2,1H3,(H,27,28). The highest BCUT2D eigenvalue weighted by Gasteiger charge is 2.24. The Morgan fingerprint density at radius 3 is 2.29 bits per heavy atom. The molecule has 1 aliphatic heterocycles. The van der Waals surface area contributed by atoms with Crippen molar-refractivity contribution >= 4 is 16.9 Å². The minimum Gasteiger partial charge on any atom is -0.478 e. The fourth-order valence-corrected chi connectivity index (χ4v) is 3.97. The van der Waals surface area contributed by atoms with Gasteiger partial charge in [0.25, 0.3) is 0 Å². The minimum absolute atomic E-state index is 0.377. The van der Waals surface area contributed by atoms with Crippen LogP contribution in [-0.4, -0.2) is 58.6 Å². The predicted molar refractivity (Wildman–Crippen MR) is 112 cm³/mol. The highest BCUT2D eigenvalue weighted by atomic mass is 16.4. The van der Waals surface area contributed by atoms with E-state index in [0.29, 0.717) is 17.5 Å². The smallest absolute Gasteiger partial charge is 0.336 e. The highest BCUT2D eigenvalue weighted by Crippen LogP contribution is 2.31. The van der Waals surface area contributed by atoms with E-state index >= 15 is 0 Å². The second kappa shape index (κ2) is 8.09. The van der Waals surface area contributed by atoms with E-state index in [1.165, 1.54) is 0 Å². The van der Waals surface area contributed by atoms with Crippen LogP contribution >= 0.6 is 0 Å². The van der Waals surface area contributed by atoms with E-state index in [9.17, 15) is 9.90 Å². The molecule has 1 N–H and O–H groups in total. The summed E-state index contributed by atoms with van der Waals surface area (Å²) in [7, 11) is 0. The number of para-hydroxylation sites is 1. The topological polar surface area (TPSA) is 56.7 Å². The number of piperazine rings is 1. The van der Waals surface area contributed by atoms with Crippen LogP contribution < -0.4 is 0 Å². The normalized spacial score (nSPS) is 15.8. The monoisotopic (exact) mass is 375 g/mol. The first-order valence-electron chi connectivity index (χ1n) is 9.82. The highest BCUT2D eigenvalue weighted by molar-refractivity contribution is 6.05. The molecule has 5 heteroatoms. The van der Waals surface area contributed by atoms with Crippen LogP contribution in [-0.2, 0) is 6.54 Å². The van der Waals surface area contributed by atoms with Gasteiger partial charge in [-0.2, -0.15) is 0 Å². The summed E-state index contributed by atoms with van der Waals surface area (Å²) in [6, 6.07) is 17.4. The van der Waals surface area contributed by atoms with Crippen LogP contribution in [0.15, 0.2) is 54.6 Å². The number of aromatic carboxylic acids is 1. The Balaban J connectivity index is 1.84. The molecule has 1 saturated heterocycles. The number of rotatable bonds is 5. The number of pyridine rings is 1. The van der Waals surface area contributed by atoms with Crippen LogP contribution in [0.5, 0.6) is 0 Å². The average molecular weight is 375 g/mol. The zero-order valence-corrected chi connectivity index (χ0v) is 16.1. The van der Waals surface area contributed by atoms with Crippen LogP contribution in [0.4, 0.5) is 0 Å². The maximum atomic E-state index is 12.3. The van der Waals surface area contributed by atoms with Gasteiger partial charge in [-0.1, -0.05) is 55.5 Å². The lowest BCUT2D eigenvalue weighted by atomic mass is 9.96. The number of carboxylic acid groups (broad SMARTS) is 1. The number of benzene rings is 2. The predicted octanol–water partition coefficient (Wildman–Crippen LogP) is 3.74. The van der Waals surface area contributed by atoms with Gasteiger partial charge in [-0.3, -0.25) is 4.90 Å². The van der Waals surface area contributed by atoms with Crippen molar-refractivity contribution in [3.8, 4) is 11.3 Å². The van der Waals surface area contributed by atoms with Gasteiger partial charge < -0.3 is 10.0 Å². The van der Waals surface area contributed by atoms with E-state index in [1.54, 1.807) is 0 Å². The molecule has 28 heavy (non-hydrogen) atoms. The largest absolute Gasteiger partial charge is 0.478 e. The Morgan fingerprint density at radius 2 is 1.61 bits per heavy atom. The molecule has 0 unspecified atom stereocenters. The van der Waals surface area contributed by atoms with Crippen molar-refractivity contribution in [1.29, 1.82) is 0 Å². The van der Waals surface area contributed by atoms with Gasteiger partial charge in [0.1, 0.15) is 0 Å². The van der Waals surface area contributed by atoms with Crippen molar-refractivity contribution in [2.75, 3.05) is 32.7 Å². The fourth-order valence-electron chi connectivity index (χ4n) is 3.97. The quantitative estimate of drug-likeness (QED) is 0.736. The first-order valence-corrected chi connectivity index (χ1v) is 9.82. The molecule has 2 aromatic carbocycles. The summed E-state index contributed by atoms with van der Waals surface area (Å²) >= 11 is 0. The van der Waals surface area contributed by atoms with Gasteiger partial charge in [-0.25, -0.2) is 9.78 Å². The van der Waals surface area contributed by atoms with E-state index in [2.05, 4.69) is 16.7 Å². The lowest BCUT2D eigenvalue weighted by Crippen LogP contribution is -2.45. The summed E-state index contributed by atoms with van der Waals surface area (Å²) in [5.41, 5.74) is 3.63.